The maximum atomic E-state index is 9.51. The van der Waals surface area contributed by atoms with Gasteiger partial charge in [-0.3, -0.25) is 0 Å². The van der Waals surface area contributed by atoms with Crippen LogP contribution in [-0.4, -0.2) is 5.11 Å². The van der Waals surface area contributed by atoms with Gasteiger partial charge in [0.25, 0.3) is 0 Å². The number of aryl methyl sites for hydroxylation is 1. The molecule has 0 saturated heterocycles. The number of allylic oxidation sites excluding steroid dienone is 1. The van der Waals surface area contributed by atoms with E-state index in [1.165, 1.54) is 0 Å². The summed E-state index contributed by atoms with van der Waals surface area (Å²) in [4.78, 5) is 0. The van der Waals surface area contributed by atoms with Crippen molar-refractivity contribution in [3.63, 3.8) is 0 Å². The van der Waals surface area contributed by atoms with Gasteiger partial charge in [-0.1, -0.05) is 29.8 Å². The van der Waals surface area contributed by atoms with Crippen molar-refractivity contribution in [2.75, 3.05) is 0 Å². The minimum absolute atomic E-state index is 0.269. The lowest BCUT2D eigenvalue weighted by molar-refractivity contribution is 0.510. The zero-order valence-electron chi connectivity index (χ0n) is 7.65. The third-order valence-corrected chi connectivity index (χ3v) is 1.79. The first-order chi connectivity index (χ1) is 6.69. The Labute approximate surface area is 82.1 Å². The molecule has 3 nitrogen and oxygen atoms in total. The molecule has 0 fully saturated rings. The largest absolute Gasteiger partial charge is 0.505 e. The molecule has 1 aromatic carbocycles. The second-order valence-corrected chi connectivity index (χ2v) is 2.81. The summed E-state index contributed by atoms with van der Waals surface area (Å²) in [6.07, 6.45) is 0. The van der Waals surface area contributed by atoms with Crippen LogP contribution in [0.3, 0.4) is 0 Å². The molecule has 3 heteroatoms. The monoisotopic (exact) mass is 184 g/mol. The Bertz CT molecular complexity index is 428. The molecule has 1 N–H and O–H groups in total. The van der Waals surface area contributed by atoms with E-state index in [0.29, 0.717) is 5.56 Å². The van der Waals surface area contributed by atoms with Crippen molar-refractivity contribution in [3.8, 4) is 12.1 Å². The standard InChI is InChI=1S/C11H8N2O/c1-8-2-4-9(5-3-8)11(14)10(6-12)7-13/h2-5,14H,1H3. The fourth-order valence-corrected chi connectivity index (χ4v) is 0.987. The second kappa shape index (κ2) is 4.11. The smallest absolute Gasteiger partial charge is 0.171 e. The number of hydrogen-bond donors (Lipinski definition) is 1. The Morgan fingerprint density at radius 1 is 1.14 bits per heavy atom. The minimum atomic E-state index is -0.270. The maximum absolute atomic E-state index is 9.51. The van der Waals surface area contributed by atoms with Gasteiger partial charge in [0, 0.05) is 5.56 Å². The van der Waals surface area contributed by atoms with Crippen molar-refractivity contribution >= 4 is 5.76 Å². The number of nitrogens with zero attached hydrogens (tertiary/aromatic N) is 2. The molecule has 14 heavy (non-hydrogen) atoms. The van der Waals surface area contributed by atoms with E-state index in [1.807, 2.05) is 6.92 Å². The number of aliphatic hydroxyl groups excluding tert-OH is 1. The molecule has 0 aliphatic heterocycles. The fourth-order valence-electron chi connectivity index (χ4n) is 0.987. The molecule has 1 rings (SSSR count). The molecule has 0 bridgehead atoms. The Hall–Kier alpha value is -2.26. The van der Waals surface area contributed by atoms with Crippen molar-refractivity contribution in [2.45, 2.75) is 6.92 Å². The van der Waals surface area contributed by atoms with Crippen LogP contribution >= 0.6 is 0 Å². The molecule has 0 saturated carbocycles. The Morgan fingerprint density at radius 2 is 1.64 bits per heavy atom. The Kier molecular flexibility index (Phi) is 2.89. The van der Waals surface area contributed by atoms with Crippen LogP contribution in [0.25, 0.3) is 5.76 Å². The molecule has 0 unspecified atom stereocenters. The summed E-state index contributed by atoms with van der Waals surface area (Å²) in [6, 6.07) is 10.2. The van der Waals surface area contributed by atoms with E-state index >= 15 is 0 Å². The average Bonchev–Trinajstić information content (AvgIpc) is 2.20. The third kappa shape index (κ3) is 1.91. The molecule has 0 spiro atoms. The maximum Gasteiger partial charge on any atom is 0.171 e. The lowest BCUT2D eigenvalue weighted by Gasteiger charge is -1.99. The van der Waals surface area contributed by atoms with Crippen LogP contribution in [-0.2, 0) is 0 Å². The summed E-state index contributed by atoms with van der Waals surface area (Å²) in [6.45, 7) is 1.92. The number of hydrogen-bond acceptors (Lipinski definition) is 3. The number of benzene rings is 1. The molecule has 0 atom stereocenters. The number of rotatable bonds is 1. The molecule has 1 aromatic rings. The first kappa shape index (κ1) is 9.83. The van der Waals surface area contributed by atoms with Crippen LogP contribution < -0.4 is 0 Å². The average molecular weight is 184 g/mol. The molecule has 0 radical (unpaired) electrons. The molecular formula is C11H8N2O. The summed E-state index contributed by atoms with van der Waals surface area (Å²) >= 11 is 0. The van der Waals surface area contributed by atoms with Gasteiger partial charge in [-0.25, -0.2) is 0 Å². The van der Waals surface area contributed by atoms with Gasteiger partial charge in [0.15, 0.2) is 11.3 Å². The van der Waals surface area contributed by atoms with Gasteiger partial charge >= 0.3 is 0 Å². The number of nitriles is 2. The summed E-state index contributed by atoms with van der Waals surface area (Å²) in [5, 5.41) is 26.5. The third-order valence-electron chi connectivity index (χ3n) is 1.79. The van der Waals surface area contributed by atoms with Gasteiger partial charge in [0.05, 0.1) is 0 Å². The van der Waals surface area contributed by atoms with E-state index in [4.69, 9.17) is 10.5 Å². The molecule has 0 heterocycles. The van der Waals surface area contributed by atoms with Gasteiger partial charge in [0.2, 0.25) is 0 Å². The van der Waals surface area contributed by atoms with Gasteiger partial charge in [-0.2, -0.15) is 10.5 Å². The molecule has 0 aliphatic rings. The normalized spacial score (nSPS) is 8.50. The molecular weight excluding hydrogens is 176 g/mol. The predicted octanol–water partition coefficient (Wildman–Crippen LogP) is 2.31. The highest BCUT2D eigenvalue weighted by Gasteiger charge is 2.05. The minimum Gasteiger partial charge on any atom is -0.505 e. The van der Waals surface area contributed by atoms with E-state index in [9.17, 15) is 5.11 Å². The van der Waals surface area contributed by atoms with E-state index in [1.54, 1.807) is 36.4 Å². The van der Waals surface area contributed by atoms with E-state index < -0.39 is 0 Å². The Balaban J connectivity index is 3.21. The SMILES string of the molecule is Cc1ccc(C(O)=C(C#N)C#N)cc1. The highest BCUT2D eigenvalue weighted by molar-refractivity contribution is 5.69. The summed E-state index contributed by atoms with van der Waals surface area (Å²) in [5.74, 6) is -0.269. The van der Waals surface area contributed by atoms with Gasteiger partial charge < -0.3 is 5.11 Å². The van der Waals surface area contributed by atoms with Crippen LogP contribution in [0.15, 0.2) is 29.8 Å². The van der Waals surface area contributed by atoms with Gasteiger partial charge in [-0.05, 0) is 6.92 Å². The van der Waals surface area contributed by atoms with Crippen molar-refractivity contribution in [1.29, 1.82) is 10.5 Å². The number of aliphatic hydroxyl groups is 1. The molecule has 0 amide bonds. The highest BCUT2D eigenvalue weighted by Crippen LogP contribution is 2.15. The van der Waals surface area contributed by atoms with Crippen LogP contribution in [0.2, 0.25) is 0 Å². The second-order valence-electron chi connectivity index (χ2n) is 2.81. The Morgan fingerprint density at radius 3 is 2.07 bits per heavy atom. The summed E-state index contributed by atoms with van der Waals surface area (Å²) < 4.78 is 0. The zero-order chi connectivity index (χ0) is 10.6. The van der Waals surface area contributed by atoms with Crippen molar-refractivity contribution in [1.82, 2.24) is 0 Å². The van der Waals surface area contributed by atoms with Crippen molar-refractivity contribution < 1.29 is 5.11 Å². The summed E-state index contributed by atoms with van der Waals surface area (Å²) in [7, 11) is 0. The topological polar surface area (TPSA) is 67.8 Å². The van der Waals surface area contributed by atoms with Crippen LogP contribution in [0.5, 0.6) is 0 Å². The van der Waals surface area contributed by atoms with E-state index in [2.05, 4.69) is 0 Å². The lowest BCUT2D eigenvalue weighted by Crippen LogP contribution is -1.87. The van der Waals surface area contributed by atoms with Crippen LogP contribution in [0, 0.1) is 29.6 Å². The van der Waals surface area contributed by atoms with Crippen molar-refractivity contribution in [2.24, 2.45) is 0 Å². The first-order valence-corrected chi connectivity index (χ1v) is 3.99. The zero-order valence-corrected chi connectivity index (χ0v) is 7.65. The summed E-state index contributed by atoms with van der Waals surface area (Å²) in [5.41, 5.74) is 1.26. The highest BCUT2D eigenvalue weighted by atomic mass is 16.3. The van der Waals surface area contributed by atoms with Gasteiger partial charge in [0.1, 0.15) is 12.1 Å². The lowest BCUT2D eigenvalue weighted by atomic mass is 10.1. The van der Waals surface area contributed by atoms with Crippen molar-refractivity contribution in [3.05, 3.63) is 41.0 Å². The first-order valence-electron chi connectivity index (χ1n) is 3.99. The van der Waals surface area contributed by atoms with Crippen LogP contribution in [0.1, 0.15) is 11.1 Å². The molecule has 0 aliphatic carbocycles. The van der Waals surface area contributed by atoms with E-state index in [0.717, 1.165) is 5.56 Å². The molecule has 68 valence electrons. The van der Waals surface area contributed by atoms with Crippen LogP contribution in [0.4, 0.5) is 0 Å². The fraction of sp³-hybridized carbons (Fsp3) is 0.0909. The predicted molar refractivity (Wildman–Crippen MR) is 52.0 cm³/mol. The van der Waals surface area contributed by atoms with Gasteiger partial charge in [-0.15, -0.1) is 0 Å². The quantitative estimate of drug-likeness (QED) is 0.537. The van der Waals surface area contributed by atoms with E-state index in [-0.39, 0.29) is 11.3 Å². The molecule has 0 aromatic heterocycles.